The van der Waals surface area contributed by atoms with Crippen LogP contribution in [-0.4, -0.2) is 118 Å². The lowest BCUT2D eigenvalue weighted by atomic mass is 9.92. The lowest BCUT2D eigenvalue weighted by molar-refractivity contribution is -0.129. The zero-order chi connectivity index (χ0) is 39.7. The molecular formula is C44H56FN9O3. The van der Waals surface area contributed by atoms with Crippen molar-refractivity contribution in [2.24, 2.45) is 5.92 Å². The Hall–Kier alpha value is -4.88. The summed E-state index contributed by atoms with van der Waals surface area (Å²) in [6.07, 6.45) is 9.82. The van der Waals surface area contributed by atoms with Gasteiger partial charge in [0.05, 0.1) is 6.04 Å². The van der Waals surface area contributed by atoms with Crippen LogP contribution in [0.15, 0.2) is 54.9 Å². The molecule has 8 rings (SSSR count). The number of benzene rings is 2. The molecule has 0 radical (unpaired) electrons. The van der Waals surface area contributed by atoms with Crippen LogP contribution in [0.3, 0.4) is 0 Å². The summed E-state index contributed by atoms with van der Waals surface area (Å²) in [5.41, 5.74) is 5.90. The molecule has 4 aromatic rings. The minimum absolute atomic E-state index is 0.127. The van der Waals surface area contributed by atoms with Gasteiger partial charge in [-0.25, -0.2) is 14.4 Å². The molecule has 0 bridgehead atoms. The van der Waals surface area contributed by atoms with Gasteiger partial charge in [-0.2, -0.15) is 0 Å². The number of aromatic nitrogens is 3. The fourth-order valence-electron chi connectivity index (χ4n) is 9.61. The van der Waals surface area contributed by atoms with Gasteiger partial charge in [0, 0.05) is 105 Å². The maximum atomic E-state index is 15.0. The first-order chi connectivity index (χ1) is 27.6. The molecule has 2 fully saturated rings. The number of carbonyl (C=O) groups is 3. The summed E-state index contributed by atoms with van der Waals surface area (Å²) in [5.74, 6) is 0.860. The van der Waals surface area contributed by atoms with Crippen molar-refractivity contribution in [2.75, 3.05) is 68.7 Å². The second-order valence-electron chi connectivity index (χ2n) is 17.0. The molecule has 4 aliphatic rings. The fourth-order valence-corrected chi connectivity index (χ4v) is 9.61. The highest BCUT2D eigenvalue weighted by Crippen LogP contribution is 2.39. The Labute approximate surface area is 334 Å². The lowest BCUT2D eigenvalue weighted by Crippen LogP contribution is -2.47. The Morgan fingerprint density at radius 3 is 2.49 bits per heavy atom. The first kappa shape index (κ1) is 39.0. The molecule has 57 heavy (non-hydrogen) atoms. The summed E-state index contributed by atoms with van der Waals surface area (Å²) in [4.78, 5) is 61.3. The van der Waals surface area contributed by atoms with E-state index in [1.807, 2.05) is 31.5 Å². The van der Waals surface area contributed by atoms with Crippen molar-refractivity contribution >= 4 is 40.8 Å². The summed E-state index contributed by atoms with van der Waals surface area (Å²) < 4.78 is 15.0. The van der Waals surface area contributed by atoms with Gasteiger partial charge in [0.15, 0.2) is 0 Å². The molecule has 2 unspecified atom stereocenters. The summed E-state index contributed by atoms with van der Waals surface area (Å²) in [6.45, 7) is 13.6. The largest absolute Gasteiger partial charge is 0.369 e. The zero-order valence-electron chi connectivity index (χ0n) is 33.6. The predicted molar refractivity (Wildman–Crippen MR) is 220 cm³/mol. The number of para-hydroxylation sites is 1. The summed E-state index contributed by atoms with van der Waals surface area (Å²) in [5, 5.41) is 3.48. The average Bonchev–Trinajstić information content (AvgIpc) is 3.75. The number of anilines is 2. The quantitative estimate of drug-likeness (QED) is 0.170. The highest BCUT2D eigenvalue weighted by Gasteiger charge is 2.37. The Kier molecular flexibility index (Phi) is 11.3. The van der Waals surface area contributed by atoms with Crippen molar-refractivity contribution in [1.82, 2.24) is 35.0 Å². The van der Waals surface area contributed by atoms with E-state index in [1.165, 1.54) is 17.4 Å². The Morgan fingerprint density at radius 2 is 1.77 bits per heavy atom. The molecule has 0 aliphatic carbocycles. The third kappa shape index (κ3) is 8.27. The van der Waals surface area contributed by atoms with Crippen LogP contribution >= 0.6 is 0 Å². The molecule has 2 atom stereocenters. The standard InChI is InChI=1S/C44H56FN9O3/c1-4-7-38(41(56)48-29-55)54-27-31-24-33(10-11-34(31)42(54)57)51-22-20-50(21-23-51)16-12-30-13-17-52(18-14-30)43-46-25-32(26-47-43)40-39-36(15-19-53(40)28-44(2,3)45)35-8-5-6-9-37(35)49-39/h5-6,8-11,24-26,29-30,38,40,49H,4,7,12-23,27-28H2,1-3H3,(H,48,55,56). The van der Waals surface area contributed by atoms with E-state index in [1.54, 1.807) is 18.7 Å². The lowest BCUT2D eigenvalue weighted by Gasteiger charge is -2.38. The number of hydrogen-bond acceptors (Lipinski definition) is 9. The van der Waals surface area contributed by atoms with Gasteiger partial charge in [-0.3, -0.25) is 29.5 Å². The number of fused-ring (bicyclic) bond motifs is 4. The van der Waals surface area contributed by atoms with E-state index in [2.05, 4.69) is 60.2 Å². The monoisotopic (exact) mass is 777 g/mol. The summed E-state index contributed by atoms with van der Waals surface area (Å²) in [6, 6.07) is 13.7. The van der Waals surface area contributed by atoms with E-state index in [9.17, 15) is 14.4 Å². The minimum atomic E-state index is -1.32. The SMILES string of the molecule is CCCC(C(=O)NC=O)N1Cc2cc(N3CCN(CCC4CCN(c5ncc(C6c7[nH]c8ccccc8c7CCN6CC(C)(C)F)cn5)CC4)CC3)ccc2C1=O. The molecule has 0 saturated carbocycles. The molecular weight excluding hydrogens is 722 g/mol. The van der Waals surface area contributed by atoms with Crippen LogP contribution in [0.5, 0.6) is 0 Å². The van der Waals surface area contributed by atoms with Crippen molar-refractivity contribution in [3.63, 3.8) is 0 Å². The smallest absolute Gasteiger partial charge is 0.255 e. The number of nitrogens with one attached hydrogen (secondary N) is 2. The average molecular weight is 778 g/mol. The Balaban J connectivity index is 0.820. The third-order valence-corrected chi connectivity index (χ3v) is 12.5. The molecule has 2 N–H and O–H groups in total. The number of piperazine rings is 1. The number of piperidine rings is 1. The molecule has 6 heterocycles. The third-order valence-electron chi connectivity index (χ3n) is 12.5. The second kappa shape index (κ2) is 16.5. The molecule has 13 heteroatoms. The zero-order valence-corrected chi connectivity index (χ0v) is 33.6. The van der Waals surface area contributed by atoms with Crippen LogP contribution in [-0.2, 0) is 22.6 Å². The van der Waals surface area contributed by atoms with Crippen LogP contribution < -0.4 is 15.1 Å². The minimum Gasteiger partial charge on any atom is -0.369 e. The first-order valence-electron chi connectivity index (χ1n) is 20.8. The van der Waals surface area contributed by atoms with Gasteiger partial charge in [-0.05, 0) is 93.8 Å². The number of rotatable bonds is 13. The maximum Gasteiger partial charge on any atom is 0.255 e. The van der Waals surface area contributed by atoms with E-state index in [0.717, 1.165) is 112 Å². The number of amides is 3. The van der Waals surface area contributed by atoms with Crippen LogP contribution in [0, 0.1) is 5.92 Å². The van der Waals surface area contributed by atoms with Crippen LogP contribution in [0.1, 0.15) is 91.7 Å². The van der Waals surface area contributed by atoms with Gasteiger partial charge < -0.3 is 19.7 Å². The van der Waals surface area contributed by atoms with Crippen LogP contribution in [0.2, 0.25) is 0 Å². The normalized spacial score (nSPS) is 20.2. The van der Waals surface area contributed by atoms with E-state index < -0.39 is 17.6 Å². The molecule has 2 aromatic heterocycles. The van der Waals surface area contributed by atoms with Gasteiger partial charge in [0.2, 0.25) is 18.3 Å². The second-order valence-corrected chi connectivity index (χ2v) is 17.0. The van der Waals surface area contributed by atoms with Crippen molar-refractivity contribution in [1.29, 1.82) is 0 Å². The number of H-pyrrole nitrogens is 1. The molecule has 2 saturated heterocycles. The number of halogens is 1. The van der Waals surface area contributed by atoms with Crippen molar-refractivity contribution in [2.45, 2.75) is 83.6 Å². The van der Waals surface area contributed by atoms with Crippen molar-refractivity contribution in [3.05, 3.63) is 82.8 Å². The number of hydrogen-bond donors (Lipinski definition) is 2. The topological polar surface area (TPSA) is 121 Å². The van der Waals surface area contributed by atoms with Crippen molar-refractivity contribution < 1.29 is 18.8 Å². The van der Waals surface area contributed by atoms with E-state index in [4.69, 9.17) is 9.97 Å². The number of carbonyl (C=O) groups excluding carboxylic acids is 3. The maximum absolute atomic E-state index is 15.0. The number of nitrogens with zero attached hydrogens (tertiary/aromatic N) is 7. The molecule has 12 nitrogen and oxygen atoms in total. The highest BCUT2D eigenvalue weighted by atomic mass is 19.1. The van der Waals surface area contributed by atoms with Gasteiger partial charge in [-0.1, -0.05) is 31.5 Å². The van der Waals surface area contributed by atoms with E-state index in [0.29, 0.717) is 37.4 Å². The molecule has 3 amide bonds. The molecule has 2 aromatic carbocycles. The summed E-state index contributed by atoms with van der Waals surface area (Å²) >= 11 is 0. The van der Waals surface area contributed by atoms with E-state index in [-0.39, 0.29) is 11.9 Å². The van der Waals surface area contributed by atoms with Crippen LogP contribution in [0.25, 0.3) is 10.9 Å². The van der Waals surface area contributed by atoms with Crippen molar-refractivity contribution in [3.8, 4) is 0 Å². The summed E-state index contributed by atoms with van der Waals surface area (Å²) in [7, 11) is 0. The molecule has 302 valence electrons. The van der Waals surface area contributed by atoms with Gasteiger partial charge >= 0.3 is 0 Å². The van der Waals surface area contributed by atoms with Gasteiger partial charge in [0.25, 0.3) is 5.91 Å². The Bertz CT molecular complexity index is 2070. The number of aromatic amines is 1. The van der Waals surface area contributed by atoms with E-state index >= 15 is 4.39 Å². The van der Waals surface area contributed by atoms with Crippen LogP contribution in [0.4, 0.5) is 16.0 Å². The highest BCUT2D eigenvalue weighted by molar-refractivity contribution is 6.02. The first-order valence-corrected chi connectivity index (χ1v) is 20.8. The van der Waals surface area contributed by atoms with Gasteiger partial charge in [-0.15, -0.1) is 0 Å². The molecule has 4 aliphatic heterocycles. The fraction of sp³-hybridized carbons (Fsp3) is 0.523. The predicted octanol–water partition coefficient (Wildman–Crippen LogP) is 5.48. The Morgan fingerprint density at radius 1 is 1.02 bits per heavy atom. The number of alkyl halides is 1. The van der Waals surface area contributed by atoms with Gasteiger partial charge in [0.1, 0.15) is 11.7 Å². The number of imide groups is 1. The molecule has 0 spiro atoms.